The molecule has 0 saturated carbocycles. The largest absolute Gasteiger partial charge is 0.360 e. The first-order chi connectivity index (χ1) is 9.67. The third-order valence-corrected chi connectivity index (χ3v) is 4.03. The molecule has 0 aromatic carbocycles. The second kappa shape index (κ2) is 6.65. The van der Waals surface area contributed by atoms with E-state index in [9.17, 15) is 4.79 Å². The minimum absolute atomic E-state index is 0.0256. The van der Waals surface area contributed by atoms with Crippen LogP contribution in [0.4, 0.5) is 5.13 Å². The molecule has 20 heavy (non-hydrogen) atoms. The van der Waals surface area contributed by atoms with Crippen molar-refractivity contribution < 1.29 is 0 Å². The Kier molecular flexibility index (Phi) is 4.89. The summed E-state index contributed by atoms with van der Waals surface area (Å²) < 4.78 is 1.83. The molecule has 5 nitrogen and oxygen atoms in total. The minimum Gasteiger partial charge on any atom is -0.360 e. The van der Waals surface area contributed by atoms with Crippen LogP contribution in [-0.4, -0.2) is 21.3 Å². The summed E-state index contributed by atoms with van der Waals surface area (Å²) >= 11 is 1.42. The summed E-state index contributed by atoms with van der Waals surface area (Å²) in [6, 6.07) is 3.82. The molecule has 0 aliphatic rings. The first kappa shape index (κ1) is 14.7. The molecule has 0 fully saturated rings. The van der Waals surface area contributed by atoms with Gasteiger partial charge in [-0.3, -0.25) is 4.79 Å². The van der Waals surface area contributed by atoms with Gasteiger partial charge in [0.05, 0.1) is 5.56 Å². The van der Waals surface area contributed by atoms with Gasteiger partial charge in [-0.05, 0) is 32.4 Å². The highest BCUT2D eigenvalue weighted by atomic mass is 32.1. The summed E-state index contributed by atoms with van der Waals surface area (Å²) in [6.07, 6.45) is 2.07. The van der Waals surface area contributed by atoms with E-state index in [1.165, 1.54) is 11.3 Å². The summed E-state index contributed by atoms with van der Waals surface area (Å²) in [5, 5.41) is 12.7. The summed E-state index contributed by atoms with van der Waals surface area (Å²) in [7, 11) is 0. The molecule has 0 spiro atoms. The number of unbranched alkanes of at least 4 members (excludes halogenated alkanes) is 1. The molecule has 0 atom stereocenters. The van der Waals surface area contributed by atoms with Crippen LogP contribution in [0.15, 0.2) is 16.9 Å². The molecule has 108 valence electrons. The van der Waals surface area contributed by atoms with Gasteiger partial charge in [0.25, 0.3) is 5.56 Å². The van der Waals surface area contributed by atoms with E-state index < -0.39 is 0 Å². The lowest BCUT2D eigenvalue weighted by Crippen LogP contribution is -2.23. The summed E-state index contributed by atoms with van der Waals surface area (Å²) in [4.78, 5) is 12.5. The lowest BCUT2D eigenvalue weighted by Gasteiger charge is -2.10. The second-order valence-electron chi connectivity index (χ2n) is 4.64. The number of hydrogen-bond acceptors (Lipinski definition) is 5. The third-order valence-electron chi connectivity index (χ3n) is 3.11. The molecule has 0 saturated heterocycles. The first-order valence-corrected chi connectivity index (χ1v) is 7.77. The van der Waals surface area contributed by atoms with E-state index in [4.69, 9.17) is 0 Å². The molecule has 0 bridgehead atoms. The van der Waals surface area contributed by atoms with Crippen molar-refractivity contribution >= 4 is 16.5 Å². The molecule has 2 aromatic rings. The number of pyridine rings is 1. The van der Waals surface area contributed by atoms with Crippen molar-refractivity contribution in [3.8, 4) is 10.6 Å². The molecule has 2 aromatic heterocycles. The topological polar surface area (TPSA) is 59.8 Å². The number of rotatable bonds is 6. The van der Waals surface area contributed by atoms with Gasteiger partial charge in [0.1, 0.15) is 0 Å². The van der Waals surface area contributed by atoms with E-state index in [-0.39, 0.29) is 5.56 Å². The maximum absolute atomic E-state index is 12.5. The van der Waals surface area contributed by atoms with E-state index in [0.29, 0.717) is 10.6 Å². The fraction of sp³-hybridized carbons (Fsp3) is 0.500. The molecule has 0 radical (unpaired) electrons. The van der Waals surface area contributed by atoms with Crippen molar-refractivity contribution in [1.29, 1.82) is 0 Å². The van der Waals surface area contributed by atoms with E-state index >= 15 is 0 Å². The molecule has 2 heterocycles. The Morgan fingerprint density at radius 2 is 2.10 bits per heavy atom. The molecule has 0 amide bonds. The molecule has 1 N–H and O–H groups in total. The third kappa shape index (κ3) is 3.07. The van der Waals surface area contributed by atoms with Gasteiger partial charge >= 0.3 is 0 Å². The number of aromatic nitrogens is 3. The smallest absolute Gasteiger partial charge is 0.261 e. The zero-order valence-electron chi connectivity index (χ0n) is 12.1. The van der Waals surface area contributed by atoms with Crippen LogP contribution in [0.3, 0.4) is 0 Å². The van der Waals surface area contributed by atoms with E-state index in [0.717, 1.165) is 36.8 Å². The van der Waals surface area contributed by atoms with Crippen molar-refractivity contribution in [2.45, 2.75) is 40.2 Å². The lowest BCUT2D eigenvalue weighted by atomic mass is 10.2. The van der Waals surface area contributed by atoms with E-state index in [1.807, 2.05) is 30.5 Å². The SMILES string of the molecule is CCCCn1c(C)ccc(-c2nnc(NCC)s2)c1=O. The molecule has 0 aliphatic heterocycles. The summed E-state index contributed by atoms with van der Waals surface area (Å²) in [5.74, 6) is 0. The van der Waals surface area contributed by atoms with Crippen LogP contribution in [0.1, 0.15) is 32.4 Å². The molecule has 0 unspecified atom stereocenters. The van der Waals surface area contributed by atoms with Gasteiger partial charge in [-0.25, -0.2) is 0 Å². The van der Waals surface area contributed by atoms with Gasteiger partial charge in [-0.1, -0.05) is 24.7 Å². The molecular weight excluding hydrogens is 272 g/mol. The van der Waals surface area contributed by atoms with E-state index in [2.05, 4.69) is 22.4 Å². The predicted octanol–water partition coefficient (Wildman–Crippen LogP) is 2.91. The lowest BCUT2D eigenvalue weighted by molar-refractivity contribution is 0.600. The zero-order chi connectivity index (χ0) is 14.5. The first-order valence-electron chi connectivity index (χ1n) is 6.95. The Bertz CT molecular complexity index is 632. The fourth-order valence-corrected chi connectivity index (χ4v) is 2.81. The number of nitrogens with one attached hydrogen (secondary N) is 1. The maximum Gasteiger partial charge on any atom is 0.261 e. The van der Waals surface area contributed by atoms with Crippen LogP contribution in [0.5, 0.6) is 0 Å². The molecular formula is C14H20N4OS. The molecule has 0 aliphatic carbocycles. The van der Waals surface area contributed by atoms with Crippen molar-refractivity contribution in [1.82, 2.24) is 14.8 Å². The van der Waals surface area contributed by atoms with Crippen LogP contribution >= 0.6 is 11.3 Å². The van der Waals surface area contributed by atoms with Gasteiger partial charge in [0, 0.05) is 18.8 Å². The van der Waals surface area contributed by atoms with Gasteiger partial charge in [-0.2, -0.15) is 0 Å². The highest BCUT2D eigenvalue weighted by Gasteiger charge is 2.12. The van der Waals surface area contributed by atoms with Gasteiger partial charge < -0.3 is 9.88 Å². The Morgan fingerprint density at radius 3 is 2.80 bits per heavy atom. The number of hydrogen-bond donors (Lipinski definition) is 1. The number of aryl methyl sites for hydroxylation is 1. The predicted molar refractivity (Wildman–Crippen MR) is 83.4 cm³/mol. The van der Waals surface area contributed by atoms with Crippen LogP contribution in [0, 0.1) is 6.92 Å². The normalized spacial score (nSPS) is 10.8. The van der Waals surface area contributed by atoms with Gasteiger partial charge in [0.2, 0.25) is 5.13 Å². The standard InChI is InChI=1S/C14H20N4OS/c1-4-6-9-18-10(3)7-8-11(13(18)19)12-16-17-14(20-12)15-5-2/h7-8H,4-6,9H2,1-3H3,(H,15,17). The van der Waals surface area contributed by atoms with Crippen molar-refractivity contribution in [2.75, 3.05) is 11.9 Å². The average molecular weight is 292 g/mol. The Labute approximate surface area is 122 Å². The average Bonchev–Trinajstić information content (AvgIpc) is 2.87. The number of anilines is 1. The zero-order valence-corrected chi connectivity index (χ0v) is 13.0. The maximum atomic E-state index is 12.5. The highest BCUT2D eigenvalue weighted by Crippen LogP contribution is 2.23. The number of nitrogens with zero attached hydrogens (tertiary/aromatic N) is 3. The van der Waals surface area contributed by atoms with Crippen LogP contribution in [0.25, 0.3) is 10.6 Å². The van der Waals surface area contributed by atoms with E-state index in [1.54, 1.807) is 0 Å². The molecule has 6 heteroatoms. The van der Waals surface area contributed by atoms with Crippen molar-refractivity contribution in [2.24, 2.45) is 0 Å². The Balaban J connectivity index is 2.38. The van der Waals surface area contributed by atoms with Crippen LogP contribution in [0.2, 0.25) is 0 Å². The fourth-order valence-electron chi connectivity index (χ4n) is 1.98. The van der Waals surface area contributed by atoms with Crippen LogP contribution < -0.4 is 10.9 Å². The summed E-state index contributed by atoms with van der Waals surface area (Å²) in [6.45, 7) is 7.64. The monoisotopic (exact) mass is 292 g/mol. The van der Waals surface area contributed by atoms with Crippen LogP contribution in [-0.2, 0) is 6.54 Å². The highest BCUT2D eigenvalue weighted by molar-refractivity contribution is 7.18. The van der Waals surface area contributed by atoms with Crippen molar-refractivity contribution in [3.63, 3.8) is 0 Å². The Hall–Kier alpha value is -1.69. The minimum atomic E-state index is 0.0256. The van der Waals surface area contributed by atoms with Gasteiger partial charge in [0.15, 0.2) is 5.01 Å². The molecule has 2 rings (SSSR count). The Morgan fingerprint density at radius 1 is 1.30 bits per heavy atom. The quantitative estimate of drug-likeness (QED) is 0.889. The second-order valence-corrected chi connectivity index (χ2v) is 5.62. The summed E-state index contributed by atoms with van der Waals surface area (Å²) in [5.41, 5.74) is 1.65. The van der Waals surface area contributed by atoms with Crippen molar-refractivity contribution in [3.05, 3.63) is 28.2 Å². The van der Waals surface area contributed by atoms with Gasteiger partial charge in [-0.15, -0.1) is 10.2 Å².